The molecule has 8 nitrogen and oxygen atoms in total. The Bertz CT molecular complexity index is 836. The van der Waals surface area contributed by atoms with Gasteiger partial charge in [-0.05, 0) is 20.0 Å². The van der Waals surface area contributed by atoms with Gasteiger partial charge in [0.15, 0.2) is 5.52 Å². The fraction of sp³-hybridized carbons (Fsp3) is 0.556. The van der Waals surface area contributed by atoms with Gasteiger partial charge in [-0.25, -0.2) is 4.98 Å². The highest BCUT2D eigenvalue weighted by Crippen LogP contribution is 2.24. The zero-order valence-electron chi connectivity index (χ0n) is 15.2. The topological polar surface area (TPSA) is 80.7 Å². The Morgan fingerprint density at radius 2 is 2.19 bits per heavy atom. The van der Waals surface area contributed by atoms with E-state index in [-0.39, 0.29) is 24.5 Å². The number of halogens is 1. The van der Waals surface area contributed by atoms with Crippen LogP contribution in [0.4, 0.5) is 0 Å². The van der Waals surface area contributed by atoms with Crippen LogP contribution in [-0.2, 0) is 9.53 Å². The Morgan fingerprint density at radius 3 is 3.00 bits per heavy atom. The van der Waals surface area contributed by atoms with Gasteiger partial charge in [0, 0.05) is 31.5 Å². The van der Waals surface area contributed by atoms with Crippen LogP contribution >= 0.6 is 11.6 Å². The Hall–Kier alpha value is -2.03. The zero-order chi connectivity index (χ0) is 18.8. The Morgan fingerprint density at radius 1 is 1.33 bits per heavy atom. The molecule has 2 aromatic heterocycles. The fourth-order valence-corrected chi connectivity index (χ4v) is 3.78. The summed E-state index contributed by atoms with van der Waals surface area (Å²) in [6.45, 7) is 3.72. The molecule has 0 spiro atoms. The zero-order valence-corrected chi connectivity index (χ0v) is 15.9. The van der Waals surface area contributed by atoms with Gasteiger partial charge < -0.3 is 19.3 Å². The van der Waals surface area contributed by atoms with Crippen molar-refractivity contribution in [2.24, 2.45) is 5.92 Å². The monoisotopic (exact) mass is 391 g/mol. The van der Waals surface area contributed by atoms with E-state index in [0.717, 1.165) is 19.5 Å². The minimum absolute atomic E-state index is 0.0866. The fourth-order valence-electron chi connectivity index (χ4n) is 3.60. The van der Waals surface area contributed by atoms with Crippen molar-refractivity contribution in [2.45, 2.75) is 12.5 Å². The maximum Gasteiger partial charge on any atom is 0.243 e. The minimum Gasteiger partial charge on any atom is -0.473 e. The van der Waals surface area contributed by atoms with Crippen LogP contribution in [0.2, 0.25) is 5.15 Å². The number of amides is 1. The van der Waals surface area contributed by atoms with E-state index in [1.807, 2.05) is 4.90 Å². The smallest absolute Gasteiger partial charge is 0.243 e. The third-order valence-corrected chi connectivity index (χ3v) is 5.18. The van der Waals surface area contributed by atoms with Crippen LogP contribution in [0.5, 0.6) is 5.88 Å². The average Bonchev–Trinajstić information content (AvgIpc) is 3.12. The number of morpholine rings is 1. The summed E-state index contributed by atoms with van der Waals surface area (Å²) < 4.78 is 11.6. The second kappa shape index (κ2) is 7.92. The summed E-state index contributed by atoms with van der Waals surface area (Å²) in [4.78, 5) is 29.5. The summed E-state index contributed by atoms with van der Waals surface area (Å²) >= 11 is 6.05. The lowest BCUT2D eigenvalue weighted by Crippen LogP contribution is -2.49. The van der Waals surface area contributed by atoms with E-state index in [1.54, 1.807) is 18.5 Å². The van der Waals surface area contributed by atoms with Crippen molar-refractivity contribution in [1.82, 2.24) is 24.8 Å². The first-order valence-corrected chi connectivity index (χ1v) is 9.47. The van der Waals surface area contributed by atoms with Gasteiger partial charge in [0.2, 0.25) is 11.8 Å². The molecule has 0 N–H and O–H groups in total. The number of hydrogen-bond acceptors (Lipinski definition) is 7. The highest BCUT2D eigenvalue weighted by atomic mass is 35.5. The number of fused-ring (bicyclic) bond motifs is 1. The third-order valence-electron chi connectivity index (χ3n) is 4.99. The molecule has 0 aromatic carbocycles. The number of likely N-dealkylation sites (tertiary alicyclic amines) is 1. The molecule has 0 radical (unpaired) electrons. The van der Waals surface area contributed by atoms with Crippen molar-refractivity contribution in [3.05, 3.63) is 23.6 Å². The predicted octanol–water partition coefficient (Wildman–Crippen LogP) is 1.24. The summed E-state index contributed by atoms with van der Waals surface area (Å²) in [5.74, 6) is 0.628. The lowest BCUT2D eigenvalue weighted by Gasteiger charge is -2.34. The van der Waals surface area contributed by atoms with Crippen LogP contribution in [0.15, 0.2) is 18.5 Å². The molecule has 2 aliphatic rings. The SMILES string of the molecule is CN1CCC(C(=O)N2CCOC(COc3nc(Cl)cc4nccnc34)C2)C1. The summed E-state index contributed by atoms with van der Waals surface area (Å²) in [5, 5.41) is 0.296. The number of nitrogens with zero attached hydrogens (tertiary/aromatic N) is 5. The molecule has 144 valence electrons. The van der Waals surface area contributed by atoms with Crippen molar-refractivity contribution in [3.8, 4) is 5.88 Å². The van der Waals surface area contributed by atoms with Crippen LogP contribution < -0.4 is 4.74 Å². The van der Waals surface area contributed by atoms with E-state index in [9.17, 15) is 4.79 Å². The highest BCUT2D eigenvalue weighted by Gasteiger charge is 2.33. The van der Waals surface area contributed by atoms with Gasteiger partial charge in [-0.2, -0.15) is 4.98 Å². The van der Waals surface area contributed by atoms with Gasteiger partial charge in [-0.1, -0.05) is 11.6 Å². The molecule has 1 amide bonds. The van der Waals surface area contributed by atoms with E-state index in [4.69, 9.17) is 21.1 Å². The summed E-state index contributed by atoms with van der Waals surface area (Å²) in [6.07, 6.45) is 3.89. The van der Waals surface area contributed by atoms with Crippen molar-refractivity contribution in [2.75, 3.05) is 46.4 Å². The van der Waals surface area contributed by atoms with Crippen LogP contribution in [0.1, 0.15) is 6.42 Å². The van der Waals surface area contributed by atoms with Crippen LogP contribution in [0.3, 0.4) is 0 Å². The number of aromatic nitrogens is 3. The van der Waals surface area contributed by atoms with Crippen molar-refractivity contribution < 1.29 is 14.3 Å². The lowest BCUT2D eigenvalue weighted by atomic mass is 10.1. The predicted molar refractivity (Wildman–Crippen MR) is 99.8 cm³/mol. The molecule has 2 aromatic rings. The van der Waals surface area contributed by atoms with Crippen molar-refractivity contribution in [3.63, 3.8) is 0 Å². The third kappa shape index (κ3) is 4.12. The molecule has 2 atom stereocenters. The van der Waals surface area contributed by atoms with E-state index in [2.05, 4.69) is 26.9 Å². The van der Waals surface area contributed by atoms with Gasteiger partial charge in [-0.3, -0.25) is 9.78 Å². The standard InChI is InChI=1S/C18H22ClN5O3/c1-23-5-2-12(9-23)18(25)24-6-7-26-13(10-24)11-27-17-16-14(8-15(19)22-17)20-3-4-21-16/h3-4,8,12-13H,2,5-7,9-11H2,1H3. The maximum absolute atomic E-state index is 12.7. The van der Waals surface area contributed by atoms with Crippen LogP contribution in [0.25, 0.3) is 11.0 Å². The van der Waals surface area contributed by atoms with E-state index < -0.39 is 0 Å². The first kappa shape index (κ1) is 18.3. The molecule has 4 rings (SSSR count). The second-order valence-electron chi connectivity index (χ2n) is 7.01. The second-order valence-corrected chi connectivity index (χ2v) is 7.40. The maximum atomic E-state index is 12.7. The van der Waals surface area contributed by atoms with Gasteiger partial charge >= 0.3 is 0 Å². The molecule has 0 bridgehead atoms. The van der Waals surface area contributed by atoms with Crippen molar-refractivity contribution >= 4 is 28.5 Å². The molecule has 9 heteroatoms. The summed E-state index contributed by atoms with van der Waals surface area (Å²) in [6, 6.07) is 1.65. The quantitative estimate of drug-likeness (QED) is 0.725. The minimum atomic E-state index is -0.214. The summed E-state index contributed by atoms with van der Waals surface area (Å²) in [7, 11) is 2.05. The molecule has 0 saturated carbocycles. The molecule has 2 unspecified atom stereocenters. The molecular weight excluding hydrogens is 370 g/mol. The number of carbonyl (C=O) groups is 1. The van der Waals surface area contributed by atoms with Crippen LogP contribution in [-0.4, -0.2) is 83.2 Å². The van der Waals surface area contributed by atoms with Gasteiger partial charge in [-0.15, -0.1) is 0 Å². The number of rotatable bonds is 4. The Balaban J connectivity index is 1.39. The molecule has 0 aliphatic carbocycles. The lowest BCUT2D eigenvalue weighted by molar-refractivity contribution is -0.143. The van der Waals surface area contributed by atoms with E-state index in [0.29, 0.717) is 41.8 Å². The Labute approximate surface area is 162 Å². The highest BCUT2D eigenvalue weighted by molar-refractivity contribution is 6.30. The largest absolute Gasteiger partial charge is 0.473 e. The molecule has 27 heavy (non-hydrogen) atoms. The number of ether oxygens (including phenoxy) is 2. The van der Waals surface area contributed by atoms with E-state index in [1.165, 1.54) is 0 Å². The van der Waals surface area contributed by atoms with Crippen molar-refractivity contribution in [1.29, 1.82) is 0 Å². The van der Waals surface area contributed by atoms with Crippen LogP contribution in [0, 0.1) is 5.92 Å². The molecule has 2 saturated heterocycles. The Kier molecular flexibility index (Phi) is 5.38. The molecule has 4 heterocycles. The van der Waals surface area contributed by atoms with Gasteiger partial charge in [0.25, 0.3) is 0 Å². The van der Waals surface area contributed by atoms with Gasteiger partial charge in [0.1, 0.15) is 17.9 Å². The van der Waals surface area contributed by atoms with Gasteiger partial charge in [0.05, 0.1) is 24.6 Å². The normalized spacial score (nSPS) is 23.7. The number of pyridine rings is 1. The molecular formula is C18H22ClN5O3. The first-order valence-electron chi connectivity index (χ1n) is 9.09. The number of carbonyl (C=O) groups excluding carboxylic acids is 1. The molecule has 2 fully saturated rings. The van der Waals surface area contributed by atoms with E-state index >= 15 is 0 Å². The first-order chi connectivity index (χ1) is 13.1. The average molecular weight is 392 g/mol. The summed E-state index contributed by atoms with van der Waals surface area (Å²) in [5.41, 5.74) is 1.18. The molecule has 2 aliphatic heterocycles. The number of hydrogen-bond donors (Lipinski definition) is 0.